The highest BCUT2D eigenvalue weighted by atomic mass is 16.3. The zero-order valence-electron chi connectivity index (χ0n) is 41.6. The minimum absolute atomic E-state index is 0.365. The van der Waals surface area contributed by atoms with Crippen LogP contribution in [0.3, 0.4) is 0 Å². The minimum atomic E-state index is 0.365. The molecule has 13 rings (SSSR count). The Bertz CT molecular complexity index is 3690. The first-order valence-electron chi connectivity index (χ1n) is 26.0. The van der Waals surface area contributed by atoms with Gasteiger partial charge in [0.25, 0.3) is 0 Å². The maximum Gasteiger partial charge on any atom is 0.135 e. The van der Waals surface area contributed by atoms with Crippen LogP contribution in [0.25, 0.3) is 83.3 Å². The van der Waals surface area contributed by atoms with Gasteiger partial charge < -0.3 is 8.98 Å². The number of aromatic nitrogens is 1. The molecule has 4 aliphatic carbocycles. The molecule has 9 aromatic rings. The van der Waals surface area contributed by atoms with E-state index in [-0.39, 0.29) is 0 Å². The van der Waals surface area contributed by atoms with Crippen LogP contribution < -0.4 is 0 Å². The molecule has 0 radical (unpaired) electrons. The molecule has 5 unspecified atom stereocenters. The molecule has 2 heteroatoms. The molecule has 70 heavy (non-hydrogen) atoms. The smallest absolute Gasteiger partial charge is 0.135 e. The number of nitrogens with zero attached hydrogens (tertiary/aromatic N) is 1. The first-order valence-corrected chi connectivity index (χ1v) is 26.0. The number of benzene rings is 7. The van der Waals surface area contributed by atoms with E-state index in [4.69, 9.17) is 4.42 Å². The number of rotatable bonds is 8. The van der Waals surface area contributed by atoms with Crippen molar-refractivity contribution in [1.82, 2.24) is 4.57 Å². The highest BCUT2D eigenvalue weighted by Gasteiger charge is 2.33. The average Bonchev–Trinajstić information content (AvgIpc) is 4.07. The predicted octanol–water partition coefficient (Wildman–Crippen LogP) is 19.4. The molecule has 2 heterocycles. The van der Waals surface area contributed by atoms with Crippen LogP contribution in [0.5, 0.6) is 0 Å². The molecule has 0 N–H and O–H groups in total. The summed E-state index contributed by atoms with van der Waals surface area (Å²) >= 11 is 0. The van der Waals surface area contributed by atoms with Crippen molar-refractivity contribution in [2.45, 2.75) is 85.5 Å². The zero-order valence-corrected chi connectivity index (χ0v) is 41.6. The molecular formula is C68H63NO. The largest absolute Gasteiger partial charge is 0.456 e. The van der Waals surface area contributed by atoms with Gasteiger partial charge in [0.05, 0.1) is 11.0 Å². The third kappa shape index (κ3) is 7.38. The van der Waals surface area contributed by atoms with E-state index in [2.05, 4.69) is 216 Å². The van der Waals surface area contributed by atoms with Crippen molar-refractivity contribution < 1.29 is 4.42 Å². The molecule has 7 aromatic carbocycles. The summed E-state index contributed by atoms with van der Waals surface area (Å²) in [5.41, 5.74) is 24.0. The lowest BCUT2D eigenvalue weighted by atomic mass is 9.74. The maximum absolute atomic E-state index is 6.13. The third-order valence-electron chi connectivity index (χ3n) is 16.9. The van der Waals surface area contributed by atoms with Gasteiger partial charge in [0.2, 0.25) is 0 Å². The Balaban J connectivity index is 0.000000272. The lowest BCUT2D eigenvalue weighted by Crippen LogP contribution is -2.18. The highest BCUT2D eigenvalue weighted by Crippen LogP contribution is 2.52. The Kier molecular flexibility index (Phi) is 11.3. The van der Waals surface area contributed by atoms with E-state index in [0.29, 0.717) is 11.8 Å². The molecule has 346 valence electrons. The van der Waals surface area contributed by atoms with Gasteiger partial charge in [-0.15, -0.1) is 0 Å². The minimum Gasteiger partial charge on any atom is -0.456 e. The van der Waals surface area contributed by atoms with E-state index < -0.39 is 0 Å². The molecular weight excluding hydrogens is 847 g/mol. The Hall–Kier alpha value is -7.16. The second-order valence-corrected chi connectivity index (χ2v) is 20.6. The lowest BCUT2D eigenvalue weighted by Gasteiger charge is -2.31. The van der Waals surface area contributed by atoms with Crippen molar-refractivity contribution in [3.8, 4) is 27.9 Å². The lowest BCUT2D eigenvalue weighted by molar-refractivity contribution is 0.391. The average molecular weight is 910 g/mol. The number of fused-ring (bicyclic) bond motifs is 9. The van der Waals surface area contributed by atoms with Gasteiger partial charge in [-0.05, 0) is 173 Å². The first-order chi connectivity index (χ1) is 34.3. The van der Waals surface area contributed by atoms with Crippen LogP contribution in [0, 0.1) is 17.8 Å². The van der Waals surface area contributed by atoms with Crippen LogP contribution in [0.4, 0.5) is 0 Å². The molecule has 4 aliphatic rings. The van der Waals surface area contributed by atoms with Crippen LogP contribution in [-0.4, -0.2) is 4.57 Å². The summed E-state index contributed by atoms with van der Waals surface area (Å²) in [4.78, 5) is 0. The van der Waals surface area contributed by atoms with Gasteiger partial charge >= 0.3 is 0 Å². The van der Waals surface area contributed by atoms with Gasteiger partial charge in [0.1, 0.15) is 11.2 Å². The van der Waals surface area contributed by atoms with Crippen molar-refractivity contribution in [2.75, 3.05) is 0 Å². The summed E-state index contributed by atoms with van der Waals surface area (Å²) < 4.78 is 8.56. The number of hydrogen-bond donors (Lipinski definition) is 0. The summed E-state index contributed by atoms with van der Waals surface area (Å²) in [6.07, 6.45) is 20.4. The van der Waals surface area contributed by atoms with Crippen LogP contribution in [-0.2, 0) is 0 Å². The molecule has 5 atom stereocenters. The van der Waals surface area contributed by atoms with Crippen molar-refractivity contribution in [3.63, 3.8) is 0 Å². The third-order valence-corrected chi connectivity index (χ3v) is 16.9. The fraction of sp³-hybridized carbons (Fsp3) is 0.235. The first kappa shape index (κ1) is 44.1. The fourth-order valence-corrected chi connectivity index (χ4v) is 12.6. The Morgan fingerprint density at radius 3 is 2.17 bits per heavy atom. The molecule has 0 saturated carbocycles. The van der Waals surface area contributed by atoms with Gasteiger partial charge in [0.15, 0.2) is 0 Å². The van der Waals surface area contributed by atoms with E-state index in [0.717, 1.165) is 52.5 Å². The van der Waals surface area contributed by atoms with E-state index >= 15 is 0 Å². The summed E-state index contributed by atoms with van der Waals surface area (Å²) in [5, 5.41) is 4.81. The zero-order chi connectivity index (χ0) is 47.6. The Morgan fingerprint density at radius 2 is 1.34 bits per heavy atom. The number of para-hydroxylation sites is 2. The molecule has 0 bridgehead atoms. The Morgan fingerprint density at radius 1 is 0.586 bits per heavy atom. The normalized spacial score (nSPS) is 19.0. The fourth-order valence-electron chi connectivity index (χ4n) is 12.6. The van der Waals surface area contributed by atoms with Gasteiger partial charge in [-0.2, -0.15) is 0 Å². The van der Waals surface area contributed by atoms with E-state index in [9.17, 15) is 0 Å². The second kappa shape index (κ2) is 18.0. The van der Waals surface area contributed by atoms with Crippen molar-refractivity contribution in [2.24, 2.45) is 17.8 Å². The monoisotopic (exact) mass is 909 g/mol. The van der Waals surface area contributed by atoms with E-state index in [1.54, 1.807) is 16.7 Å². The Labute approximate surface area is 414 Å². The molecule has 0 amide bonds. The van der Waals surface area contributed by atoms with Crippen molar-refractivity contribution in [1.29, 1.82) is 0 Å². The molecule has 2 nitrogen and oxygen atoms in total. The van der Waals surface area contributed by atoms with Gasteiger partial charge in [-0.25, -0.2) is 0 Å². The standard InChI is InChI=1S/C52H35NO.C16H28/c1-2-12-40-39(11-1)44-16-8-15-43-38(25-26-45(40)52(43)44)33-21-19-32(20-22-33)34-9-7-10-37(29-34)53-48-17-5-3-13-41(48)46-30-35(23-27-49(46)53)36-24-28-51-47(31-36)42-14-4-6-18-50(42)54-51;1-7-11(3)15-9-10-16(12(4)8-2)14(6)13(15)5/h1-15,17-21,23-31,33,44H,16,22H2;9,11-12,16H,7-8,10H2,1-6H3. The molecule has 0 aliphatic heterocycles. The summed E-state index contributed by atoms with van der Waals surface area (Å²) in [6.45, 7) is 14.0. The maximum atomic E-state index is 6.13. The summed E-state index contributed by atoms with van der Waals surface area (Å²) in [7, 11) is 0. The van der Waals surface area contributed by atoms with Gasteiger partial charge in [0, 0.05) is 39.1 Å². The topological polar surface area (TPSA) is 18.1 Å². The number of furan rings is 1. The quantitative estimate of drug-likeness (QED) is 0.149. The van der Waals surface area contributed by atoms with Crippen LogP contribution in [0.15, 0.2) is 197 Å². The number of hydrogen-bond acceptors (Lipinski definition) is 1. The van der Waals surface area contributed by atoms with E-state index in [1.165, 1.54) is 102 Å². The van der Waals surface area contributed by atoms with Crippen LogP contribution in [0.1, 0.15) is 113 Å². The predicted molar refractivity (Wildman–Crippen MR) is 299 cm³/mol. The second-order valence-electron chi connectivity index (χ2n) is 20.6. The van der Waals surface area contributed by atoms with Crippen molar-refractivity contribution >= 4 is 55.4 Å². The molecule has 2 aromatic heterocycles. The molecule has 0 spiro atoms. The SMILES string of the molecule is C1=Cc2c(C3C=CC(c4cccc(-n5c6ccccc6c6cc(-c7ccc8oc9ccccc9c8c7)ccc65)c4)=CC3)ccc3c2C(C1)c1ccccc1-3.CCC(C)C1=CCC(C(C)CC)C(C)=C1C. The van der Waals surface area contributed by atoms with E-state index in [1.807, 2.05) is 12.1 Å². The van der Waals surface area contributed by atoms with Crippen LogP contribution in [0.2, 0.25) is 0 Å². The summed E-state index contributed by atoms with van der Waals surface area (Å²) in [5.74, 6) is 3.19. The van der Waals surface area contributed by atoms with Crippen molar-refractivity contribution in [3.05, 3.63) is 221 Å². The molecule has 0 fully saturated rings. The summed E-state index contributed by atoms with van der Waals surface area (Å²) in [6, 6.07) is 53.4. The molecule has 0 saturated heterocycles. The van der Waals surface area contributed by atoms with Crippen LogP contribution >= 0.6 is 0 Å². The van der Waals surface area contributed by atoms with Gasteiger partial charge in [-0.3, -0.25) is 0 Å². The highest BCUT2D eigenvalue weighted by molar-refractivity contribution is 6.11. The van der Waals surface area contributed by atoms with Gasteiger partial charge in [-0.1, -0.05) is 173 Å². The number of allylic oxidation sites excluding steroid dienone is 9.